The van der Waals surface area contributed by atoms with E-state index in [-0.39, 0.29) is 17.4 Å². The SMILES string of the molecule is CN1C(=O)Cc2cc(C(=O)CSc3n[nH]c(-c4cccs4)n3)ccc21. The van der Waals surface area contributed by atoms with Crippen molar-refractivity contribution >= 4 is 40.5 Å². The molecule has 0 bridgehead atoms. The predicted octanol–water partition coefficient (Wildman–Crippen LogP) is 3.03. The van der Waals surface area contributed by atoms with Gasteiger partial charge in [0.2, 0.25) is 11.1 Å². The van der Waals surface area contributed by atoms with E-state index in [1.165, 1.54) is 11.8 Å². The Hall–Kier alpha value is -2.45. The van der Waals surface area contributed by atoms with Gasteiger partial charge < -0.3 is 4.90 Å². The summed E-state index contributed by atoms with van der Waals surface area (Å²) in [4.78, 5) is 31.2. The fraction of sp³-hybridized carbons (Fsp3) is 0.176. The van der Waals surface area contributed by atoms with E-state index >= 15 is 0 Å². The van der Waals surface area contributed by atoms with Gasteiger partial charge in [-0.3, -0.25) is 14.7 Å². The third kappa shape index (κ3) is 3.10. The van der Waals surface area contributed by atoms with Crippen molar-refractivity contribution in [3.63, 3.8) is 0 Å². The molecule has 3 aromatic rings. The molecule has 0 spiro atoms. The summed E-state index contributed by atoms with van der Waals surface area (Å²) in [6, 6.07) is 9.34. The zero-order chi connectivity index (χ0) is 17.4. The van der Waals surface area contributed by atoms with Crippen molar-refractivity contribution < 1.29 is 9.59 Å². The highest BCUT2D eigenvalue weighted by molar-refractivity contribution is 7.99. The number of Topliss-reactive ketones (excluding diaryl/α,β-unsaturated/α-hetero) is 1. The standard InChI is InChI=1S/C17H14N4O2S2/c1-21-12-5-4-10(7-11(12)8-15(21)23)13(22)9-25-17-18-16(19-20-17)14-3-2-6-24-14/h2-7H,8-9H2,1H3,(H,18,19,20). The predicted molar refractivity (Wildman–Crippen MR) is 98.3 cm³/mol. The molecule has 3 heterocycles. The summed E-state index contributed by atoms with van der Waals surface area (Å²) in [6.45, 7) is 0. The number of carbonyl (C=O) groups excluding carboxylic acids is 2. The number of thioether (sulfide) groups is 1. The van der Waals surface area contributed by atoms with Gasteiger partial charge >= 0.3 is 0 Å². The molecule has 1 amide bonds. The molecule has 1 aromatic carbocycles. The minimum Gasteiger partial charge on any atom is -0.315 e. The Bertz CT molecular complexity index is 949. The topological polar surface area (TPSA) is 79.0 Å². The number of ketones is 1. The number of likely N-dealkylation sites (N-methyl/N-ethyl adjacent to an activating group) is 1. The zero-order valence-electron chi connectivity index (χ0n) is 13.4. The maximum atomic E-state index is 12.4. The molecule has 0 saturated heterocycles. The fourth-order valence-electron chi connectivity index (χ4n) is 2.69. The number of aromatic nitrogens is 3. The summed E-state index contributed by atoms with van der Waals surface area (Å²) in [7, 11) is 1.75. The van der Waals surface area contributed by atoms with E-state index in [1.807, 2.05) is 29.6 Å². The van der Waals surface area contributed by atoms with Crippen LogP contribution in [0.25, 0.3) is 10.7 Å². The van der Waals surface area contributed by atoms with Gasteiger partial charge in [-0.25, -0.2) is 4.98 Å². The van der Waals surface area contributed by atoms with Crippen LogP contribution >= 0.6 is 23.1 Å². The lowest BCUT2D eigenvalue weighted by Gasteiger charge is -2.10. The normalized spacial score (nSPS) is 13.3. The zero-order valence-corrected chi connectivity index (χ0v) is 15.0. The molecule has 0 fully saturated rings. The lowest BCUT2D eigenvalue weighted by atomic mass is 10.1. The lowest BCUT2D eigenvalue weighted by Crippen LogP contribution is -2.20. The molecule has 4 rings (SSSR count). The highest BCUT2D eigenvalue weighted by Crippen LogP contribution is 2.29. The van der Waals surface area contributed by atoms with E-state index in [9.17, 15) is 9.59 Å². The van der Waals surface area contributed by atoms with E-state index < -0.39 is 0 Å². The molecule has 0 unspecified atom stereocenters. The molecule has 0 radical (unpaired) electrons. The number of rotatable bonds is 5. The largest absolute Gasteiger partial charge is 0.315 e. The summed E-state index contributed by atoms with van der Waals surface area (Å²) in [5.41, 5.74) is 2.40. The van der Waals surface area contributed by atoms with Gasteiger partial charge in [-0.15, -0.1) is 16.4 Å². The third-order valence-electron chi connectivity index (χ3n) is 4.03. The van der Waals surface area contributed by atoms with Crippen LogP contribution in [0.4, 0.5) is 5.69 Å². The molecular formula is C17H14N4O2S2. The molecule has 126 valence electrons. The average Bonchev–Trinajstić information content (AvgIpc) is 3.34. The maximum absolute atomic E-state index is 12.4. The highest BCUT2D eigenvalue weighted by atomic mass is 32.2. The van der Waals surface area contributed by atoms with E-state index in [2.05, 4.69) is 15.2 Å². The van der Waals surface area contributed by atoms with Crippen molar-refractivity contribution in [3.05, 3.63) is 46.8 Å². The monoisotopic (exact) mass is 370 g/mol. The van der Waals surface area contributed by atoms with Crippen LogP contribution in [0.1, 0.15) is 15.9 Å². The third-order valence-corrected chi connectivity index (χ3v) is 5.75. The molecule has 1 N–H and O–H groups in total. The van der Waals surface area contributed by atoms with Crippen LogP contribution in [0.2, 0.25) is 0 Å². The van der Waals surface area contributed by atoms with Crippen molar-refractivity contribution in [2.45, 2.75) is 11.6 Å². The van der Waals surface area contributed by atoms with Gasteiger partial charge in [-0.05, 0) is 35.2 Å². The van der Waals surface area contributed by atoms with Crippen LogP contribution in [0, 0.1) is 0 Å². The van der Waals surface area contributed by atoms with E-state index in [0.717, 1.165) is 16.1 Å². The molecule has 6 nitrogen and oxygen atoms in total. The smallest absolute Gasteiger partial charge is 0.231 e. The number of thiophene rings is 1. The number of nitrogens with zero attached hydrogens (tertiary/aromatic N) is 3. The molecule has 8 heteroatoms. The van der Waals surface area contributed by atoms with Crippen molar-refractivity contribution in [1.82, 2.24) is 15.2 Å². The molecule has 0 atom stereocenters. The van der Waals surface area contributed by atoms with Gasteiger partial charge in [0.05, 0.1) is 17.1 Å². The number of H-pyrrole nitrogens is 1. The first kappa shape index (κ1) is 16.0. The lowest BCUT2D eigenvalue weighted by molar-refractivity contribution is -0.117. The van der Waals surface area contributed by atoms with Crippen LogP contribution in [0.5, 0.6) is 0 Å². The number of carbonyl (C=O) groups is 2. The molecule has 25 heavy (non-hydrogen) atoms. The number of amides is 1. The number of hydrogen-bond acceptors (Lipinski definition) is 6. The molecule has 0 saturated carbocycles. The summed E-state index contributed by atoms with van der Waals surface area (Å²) in [5.74, 6) is 1.02. The first-order valence-corrected chi connectivity index (χ1v) is 9.50. The quantitative estimate of drug-likeness (QED) is 0.552. The van der Waals surface area contributed by atoms with Crippen molar-refractivity contribution in [2.24, 2.45) is 0 Å². The second-order valence-corrected chi connectivity index (χ2v) is 7.52. The Morgan fingerprint density at radius 3 is 3.08 bits per heavy atom. The Morgan fingerprint density at radius 1 is 1.40 bits per heavy atom. The Morgan fingerprint density at radius 2 is 2.28 bits per heavy atom. The van der Waals surface area contributed by atoms with Gasteiger partial charge in [0.1, 0.15) is 0 Å². The van der Waals surface area contributed by atoms with Crippen molar-refractivity contribution in [1.29, 1.82) is 0 Å². The van der Waals surface area contributed by atoms with Gasteiger partial charge in [0.25, 0.3) is 0 Å². The molecule has 1 aliphatic rings. The number of aromatic amines is 1. The highest BCUT2D eigenvalue weighted by Gasteiger charge is 2.24. The van der Waals surface area contributed by atoms with Gasteiger partial charge in [0, 0.05) is 18.3 Å². The van der Waals surface area contributed by atoms with Gasteiger partial charge in [-0.2, -0.15) is 0 Å². The minimum absolute atomic E-state index is 0.00252. The van der Waals surface area contributed by atoms with Crippen LogP contribution in [0.3, 0.4) is 0 Å². The minimum atomic E-state index is -0.00252. The van der Waals surface area contributed by atoms with Crippen LogP contribution in [-0.2, 0) is 11.2 Å². The summed E-state index contributed by atoms with van der Waals surface area (Å²) >= 11 is 2.88. The fourth-order valence-corrected chi connectivity index (χ4v) is 4.05. The Kier molecular flexibility index (Phi) is 4.14. The second-order valence-electron chi connectivity index (χ2n) is 5.63. The number of hydrogen-bond donors (Lipinski definition) is 1. The van der Waals surface area contributed by atoms with Gasteiger partial charge in [-0.1, -0.05) is 17.8 Å². The maximum Gasteiger partial charge on any atom is 0.231 e. The van der Waals surface area contributed by atoms with Crippen LogP contribution in [-0.4, -0.2) is 39.7 Å². The summed E-state index contributed by atoms with van der Waals surface area (Å²) in [5, 5.41) is 9.56. The van der Waals surface area contributed by atoms with E-state index in [1.54, 1.807) is 29.4 Å². The van der Waals surface area contributed by atoms with Crippen LogP contribution in [0.15, 0.2) is 40.9 Å². The summed E-state index contributed by atoms with van der Waals surface area (Å²) < 4.78 is 0. The first-order chi connectivity index (χ1) is 12.1. The molecule has 1 aliphatic heterocycles. The number of benzene rings is 1. The molecule has 2 aromatic heterocycles. The van der Waals surface area contributed by atoms with Crippen molar-refractivity contribution in [3.8, 4) is 10.7 Å². The Labute approximate surface area is 152 Å². The second kappa shape index (κ2) is 6.45. The number of fused-ring (bicyclic) bond motifs is 1. The first-order valence-electron chi connectivity index (χ1n) is 7.63. The number of anilines is 1. The van der Waals surface area contributed by atoms with Gasteiger partial charge in [0.15, 0.2) is 11.6 Å². The van der Waals surface area contributed by atoms with E-state index in [0.29, 0.717) is 23.0 Å². The van der Waals surface area contributed by atoms with E-state index in [4.69, 9.17) is 0 Å². The average molecular weight is 370 g/mol. The van der Waals surface area contributed by atoms with Crippen molar-refractivity contribution in [2.75, 3.05) is 17.7 Å². The summed E-state index contributed by atoms with van der Waals surface area (Å²) in [6.07, 6.45) is 0.352. The van der Waals surface area contributed by atoms with Crippen LogP contribution < -0.4 is 4.90 Å². The number of nitrogens with one attached hydrogen (secondary N) is 1. The molecule has 0 aliphatic carbocycles. The Balaban J connectivity index is 1.43. The molecular weight excluding hydrogens is 356 g/mol.